The second-order valence-corrected chi connectivity index (χ2v) is 10.8. The van der Waals surface area contributed by atoms with Crippen LogP contribution in [0.2, 0.25) is 0 Å². The fourth-order valence-electron chi connectivity index (χ4n) is 4.23. The quantitative estimate of drug-likeness (QED) is 0.230. The Morgan fingerprint density at radius 1 is 0.925 bits per heavy atom. The van der Waals surface area contributed by atoms with Gasteiger partial charge in [0.1, 0.15) is 5.60 Å². The summed E-state index contributed by atoms with van der Waals surface area (Å²) in [6, 6.07) is 2.74. The van der Waals surface area contributed by atoms with Gasteiger partial charge in [0, 0.05) is 37.9 Å². The van der Waals surface area contributed by atoms with Gasteiger partial charge >= 0.3 is 6.09 Å². The minimum absolute atomic E-state index is 0.00313. The van der Waals surface area contributed by atoms with Crippen LogP contribution in [-0.4, -0.2) is 107 Å². The van der Waals surface area contributed by atoms with Crippen molar-refractivity contribution in [1.29, 1.82) is 0 Å². The molecule has 11 heteroatoms. The van der Waals surface area contributed by atoms with Crippen LogP contribution in [0.3, 0.4) is 0 Å². The molecule has 1 atom stereocenters. The Balaban J connectivity index is 1.33. The molecule has 2 rings (SSSR count). The molecule has 2 N–H and O–H groups in total. The van der Waals surface area contributed by atoms with Gasteiger partial charge in [-0.3, -0.25) is 14.7 Å². The maximum Gasteiger partial charge on any atom is 0.407 e. The fraction of sp³-hybridized carbons (Fsp3) is 0.759. The molecule has 40 heavy (non-hydrogen) atoms. The molecule has 0 aliphatic carbocycles. The second-order valence-electron chi connectivity index (χ2n) is 10.8. The average molecular weight is 567 g/mol. The molecule has 1 aromatic heterocycles. The lowest BCUT2D eigenvalue weighted by Crippen LogP contribution is -2.34. The van der Waals surface area contributed by atoms with Crippen LogP contribution < -0.4 is 10.6 Å². The molecule has 1 aliphatic heterocycles. The summed E-state index contributed by atoms with van der Waals surface area (Å²) in [7, 11) is 2.17. The number of hydrogen-bond donors (Lipinski definition) is 2. The molecule has 0 saturated carbocycles. The first-order valence-corrected chi connectivity index (χ1v) is 14.4. The van der Waals surface area contributed by atoms with Gasteiger partial charge in [0.25, 0.3) is 0 Å². The van der Waals surface area contributed by atoms with Gasteiger partial charge in [0.15, 0.2) is 0 Å². The van der Waals surface area contributed by atoms with Crippen molar-refractivity contribution in [2.45, 2.75) is 64.5 Å². The Bertz CT molecular complexity index is 850. The molecule has 11 nitrogen and oxygen atoms in total. The number of carbonyl (C=O) groups excluding carboxylic acids is 2. The van der Waals surface area contributed by atoms with E-state index in [4.69, 9.17) is 23.7 Å². The predicted molar refractivity (Wildman–Crippen MR) is 152 cm³/mol. The zero-order valence-corrected chi connectivity index (χ0v) is 24.9. The number of hydrogen-bond acceptors (Lipinski definition) is 9. The number of amides is 2. The Hall–Kier alpha value is -2.31. The largest absolute Gasteiger partial charge is 0.444 e. The van der Waals surface area contributed by atoms with Gasteiger partial charge in [0.05, 0.1) is 52.9 Å². The Kier molecular flexibility index (Phi) is 16.7. The van der Waals surface area contributed by atoms with Crippen LogP contribution in [0.5, 0.6) is 0 Å². The van der Waals surface area contributed by atoms with E-state index < -0.39 is 11.7 Å². The van der Waals surface area contributed by atoms with Gasteiger partial charge in [-0.25, -0.2) is 4.79 Å². The molecule has 0 unspecified atom stereocenters. The van der Waals surface area contributed by atoms with E-state index in [0.717, 1.165) is 19.4 Å². The summed E-state index contributed by atoms with van der Waals surface area (Å²) in [6.07, 6.45) is 7.99. The molecule has 2 amide bonds. The van der Waals surface area contributed by atoms with Gasteiger partial charge in [-0.15, -0.1) is 0 Å². The standard InChI is InChI=1S/C29H50N4O7/c1-29(2,3)40-28(35)32-11-14-37-16-18-39-20-19-38-17-15-36-13-9-27(34)31-10-5-7-24-21-25(23-30-22-24)26-8-6-12-33(26)4/h21-23,26H,5-20H2,1-4H3,(H,31,34)(H,32,35)/t26-/m0/s1. The molecule has 228 valence electrons. The molecule has 0 radical (unpaired) electrons. The Labute approximate surface area is 239 Å². The summed E-state index contributed by atoms with van der Waals surface area (Å²) in [5, 5.41) is 5.59. The summed E-state index contributed by atoms with van der Waals surface area (Å²) < 4.78 is 26.9. The minimum Gasteiger partial charge on any atom is -0.444 e. The first-order valence-electron chi connectivity index (χ1n) is 14.4. The highest BCUT2D eigenvalue weighted by Crippen LogP contribution is 2.30. The van der Waals surface area contributed by atoms with E-state index in [0.29, 0.717) is 78.4 Å². The predicted octanol–water partition coefficient (Wildman–Crippen LogP) is 2.88. The zero-order valence-electron chi connectivity index (χ0n) is 24.9. The number of pyridine rings is 1. The lowest BCUT2D eigenvalue weighted by molar-refractivity contribution is -0.122. The monoisotopic (exact) mass is 566 g/mol. The normalized spacial score (nSPS) is 15.8. The van der Waals surface area contributed by atoms with Crippen molar-refractivity contribution < 1.29 is 33.3 Å². The topological polar surface area (TPSA) is 120 Å². The fourth-order valence-corrected chi connectivity index (χ4v) is 4.23. The molecule has 1 aromatic rings. The summed E-state index contributed by atoms with van der Waals surface area (Å²) in [6.45, 7) is 11.0. The van der Waals surface area contributed by atoms with Crippen LogP contribution in [0.15, 0.2) is 18.5 Å². The number of ether oxygens (including phenoxy) is 5. The lowest BCUT2D eigenvalue weighted by Gasteiger charge is -2.19. The van der Waals surface area contributed by atoms with E-state index in [-0.39, 0.29) is 5.91 Å². The second kappa shape index (κ2) is 19.7. The number of nitrogens with zero attached hydrogens (tertiary/aromatic N) is 2. The Morgan fingerprint density at radius 3 is 2.20 bits per heavy atom. The molecular formula is C29H50N4O7. The summed E-state index contributed by atoms with van der Waals surface area (Å²) in [4.78, 5) is 30.3. The van der Waals surface area contributed by atoms with Crippen molar-refractivity contribution in [3.05, 3.63) is 29.6 Å². The van der Waals surface area contributed by atoms with Gasteiger partial charge in [-0.05, 0) is 71.2 Å². The molecule has 1 aliphatic rings. The molecule has 2 heterocycles. The van der Waals surface area contributed by atoms with Crippen LogP contribution in [0.4, 0.5) is 4.79 Å². The van der Waals surface area contributed by atoms with Crippen molar-refractivity contribution in [3.8, 4) is 0 Å². The zero-order chi connectivity index (χ0) is 29.1. The minimum atomic E-state index is -0.512. The molecule has 1 fully saturated rings. The number of carbonyl (C=O) groups is 2. The number of nitrogens with one attached hydrogen (secondary N) is 2. The van der Waals surface area contributed by atoms with E-state index in [1.54, 1.807) is 0 Å². The highest BCUT2D eigenvalue weighted by molar-refractivity contribution is 5.75. The summed E-state index contributed by atoms with van der Waals surface area (Å²) in [5.41, 5.74) is 2.00. The highest BCUT2D eigenvalue weighted by atomic mass is 16.6. The smallest absolute Gasteiger partial charge is 0.407 e. The van der Waals surface area contributed by atoms with E-state index in [1.807, 2.05) is 33.2 Å². The van der Waals surface area contributed by atoms with E-state index >= 15 is 0 Å². The van der Waals surface area contributed by atoms with Crippen molar-refractivity contribution >= 4 is 12.0 Å². The molecule has 1 saturated heterocycles. The van der Waals surface area contributed by atoms with Crippen molar-refractivity contribution in [3.63, 3.8) is 0 Å². The maximum absolute atomic E-state index is 12.0. The van der Waals surface area contributed by atoms with E-state index in [9.17, 15) is 9.59 Å². The van der Waals surface area contributed by atoms with E-state index in [2.05, 4.69) is 33.6 Å². The van der Waals surface area contributed by atoms with Gasteiger partial charge in [0.2, 0.25) is 5.91 Å². The van der Waals surface area contributed by atoms with Gasteiger partial charge in [-0.2, -0.15) is 0 Å². The molecule has 0 aromatic carbocycles. The number of aryl methyl sites for hydroxylation is 1. The maximum atomic E-state index is 12.0. The number of rotatable bonds is 20. The molecule has 0 bridgehead atoms. The molecule has 0 spiro atoms. The number of likely N-dealkylation sites (tertiary alicyclic amines) is 1. The van der Waals surface area contributed by atoms with Gasteiger partial charge in [-0.1, -0.05) is 6.07 Å². The first-order chi connectivity index (χ1) is 19.2. The summed E-state index contributed by atoms with van der Waals surface area (Å²) >= 11 is 0. The lowest BCUT2D eigenvalue weighted by atomic mass is 10.0. The van der Waals surface area contributed by atoms with Crippen molar-refractivity contribution in [2.24, 2.45) is 0 Å². The average Bonchev–Trinajstić information content (AvgIpc) is 3.34. The molecular weight excluding hydrogens is 516 g/mol. The SMILES string of the molecule is CN1CCC[C@H]1c1cncc(CCCNC(=O)CCOCCOCCOCCOCCNC(=O)OC(C)(C)C)c1. The number of aromatic nitrogens is 1. The summed E-state index contributed by atoms with van der Waals surface area (Å²) in [5.74, 6) is -0.00313. The highest BCUT2D eigenvalue weighted by Gasteiger charge is 2.22. The van der Waals surface area contributed by atoms with Crippen LogP contribution in [0.1, 0.15) is 63.6 Å². The Morgan fingerprint density at radius 2 is 1.57 bits per heavy atom. The van der Waals surface area contributed by atoms with Crippen LogP contribution in [-0.2, 0) is 34.9 Å². The number of alkyl carbamates (subject to hydrolysis) is 1. The third-order valence-corrected chi connectivity index (χ3v) is 6.19. The van der Waals surface area contributed by atoms with Crippen molar-refractivity contribution in [2.75, 3.05) is 79.5 Å². The third-order valence-electron chi connectivity index (χ3n) is 6.19. The van der Waals surface area contributed by atoms with Crippen LogP contribution >= 0.6 is 0 Å². The van der Waals surface area contributed by atoms with Crippen molar-refractivity contribution in [1.82, 2.24) is 20.5 Å². The van der Waals surface area contributed by atoms with Crippen LogP contribution in [0, 0.1) is 0 Å². The van der Waals surface area contributed by atoms with Gasteiger partial charge < -0.3 is 34.3 Å². The van der Waals surface area contributed by atoms with E-state index in [1.165, 1.54) is 24.0 Å². The first kappa shape index (κ1) is 33.9. The van der Waals surface area contributed by atoms with Crippen LogP contribution in [0.25, 0.3) is 0 Å². The third kappa shape index (κ3) is 16.1.